The Morgan fingerprint density at radius 2 is 1.80 bits per heavy atom. The van der Waals surface area contributed by atoms with Crippen LogP contribution in [0.2, 0.25) is 0 Å². The van der Waals surface area contributed by atoms with E-state index in [-0.39, 0.29) is 0 Å². The quantitative estimate of drug-likeness (QED) is 0.763. The fourth-order valence-electron chi connectivity index (χ4n) is 1.23. The molecule has 1 aromatic carbocycles. The molecule has 0 saturated carbocycles. The Labute approximate surface area is 82.9 Å². The number of alkyl halides is 3. The minimum absolute atomic E-state index is 0.422. The number of rotatable bonds is 2. The van der Waals surface area contributed by atoms with Crippen molar-refractivity contribution >= 4 is 0 Å². The summed E-state index contributed by atoms with van der Waals surface area (Å²) in [6, 6.07) is -0.141. The Kier molecular flexibility index (Phi) is 3.28. The van der Waals surface area contributed by atoms with Crippen molar-refractivity contribution in [2.75, 3.05) is 7.05 Å². The van der Waals surface area contributed by atoms with Gasteiger partial charge in [-0.2, -0.15) is 13.2 Å². The largest absolute Gasteiger partial charge is 0.408 e. The van der Waals surface area contributed by atoms with Crippen molar-refractivity contribution in [3.63, 3.8) is 0 Å². The molecule has 0 aromatic heterocycles. The summed E-state index contributed by atoms with van der Waals surface area (Å²) in [5, 5.41) is 1.93. The lowest BCUT2D eigenvalue weighted by Crippen LogP contribution is -2.32. The molecule has 0 amide bonds. The predicted molar refractivity (Wildman–Crippen MR) is 44.2 cm³/mol. The van der Waals surface area contributed by atoms with Crippen molar-refractivity contribution in [1.29, 1.82) is 0 Å². The number of nitrogens with one attached hydrogen (secondary N) is 1. The number of hydrogen-bond acceptors (Lipinski definition) is 1. The summed E-state index contributed by atoms with van der Waals surface area (Å²) in [7, 11) is 1.06. The molecule has 1 rings (SSSR count). The van der Waals surface area contributed by atoms with E-state index in [0.717, 1.165) is 19.2 Å². The van der Waals surface area contributed by atoms with Gasteiger partial charge in [0.05, 0.1) is 0 Å². The van der Waals surface area contributed by atoms with Gasteiger partial charge in [-0.25, -0.2) is 8.78 Å². The average Bonchev–Trinajstić information content (AvgIpc) is 2.07. The number of benzene rings is 1. The van der Waals surface area contributed by atoms with E-state index >= 15 is 0 Å². The van der Waals surface area contributed by atoms with Crippen LogP contribution in [0.4, 0.5) is 22.0 Å². The van der Waals surface area contributed by atoms with Gasteiger partial charge in [0.25, 0.3) is 0 Å². The van der Waals surface area contributed by atoms with E-state index in [9.17, 15) is 22.0 Å². The van der Waals surface area contributed by atoms with Gasteiger partial charge >= 0.3 is 6.18 Å². The maximum absolute atomic E-state index is 13.0. The zero-order valence-corrected chi connectivity index (χ0v) is 7.70. The minimum atomic E-state index is -4.62. The minimum Gasteiger partial charge on any atom is -0.305 e. The van der Waals surface area contributed by atoms with Gasteiger partial charge in [-0.1, -0.05) is 6.07 Å². The standard InChI is InChI=1S/C9H8F5N/c1-15-8(9(12,13)14)6-3-2-5(10)4-7(6)11/h2-4,8,15H,1H3. The van der Waals surface area contributed by atoms with Crippen LogP contribution in [0.15, 0.2) is 18.2 Å². The van der Waals surface area contributed by atoms with Gasteiger partial charge in [0, 0.05) is 11.6 Å². The first-order valence-electron chi connectivity index (χ1n) is 4.05. The van der Waals surface area contributed by atoms with E-state index in [1.165, 1.54) is 0 Å². The van der Waals surface area contributed by atoms with Crippen molar-refractivity contribution < 1.29 is 22.0 Å². The zero-order chi connectivity index (χ0) is 11.6. The summed E-state index contributed by atoms with van der Waals surface area (Å²) in [5.41, 5.74) is -0.619. The third-order valence-electron chi connectivity index (χ3n) is 1.89. The first-order chi connectivity index (χ1) is 6.86. The van der Waals surface area contributed by atoms with Gasteiger partial charge in [0.1, 0.15) is 17.7 Å². The van der Waals surface area contributed by atoms with E-state index in [4.69, 9.17) is 0 Å². The Morgan fingerprint density at radius 3 is 2.20 bits per heavy atom. The van der Waals surface area contributed by atoms with Gasteiger partial charge in [-0.05, 0) is 13.1 Å². The summed E-state index contributed by atoms with van der Waals surface area (Å²) < 4.78 is 62.6. The molecule has 1 aromatic rings. The Morgan fingerprint density at radius 1 is 1.20 bits per heavy atom. The normalized spacial score (nSPS) is 14.0. The van der Waals surface area contributed by atoms with Gasteiger partial charge < -0.3 is 5.32 Å². The fraction of sp³-hybridized carbons (Fsp3) is 0.333. The van der Waals surface area contributed by atoms with Crippen LogP contribution in [0.5, 0.6) is 0 Å². The molecule has 0 heterocycles. The van der Waals surface area contributed by atoms with Crippen molar-refractivity contribution in [2.45, 2.75) is 12.2 Å². The highest BCUT2D eigenvalue weighted by Crippen LogP contribution is 2.33. The molecule has 0 aliphatic carbocycles. The van der Waals surface area contributed by atoms with Gasteiger partial charge in [-0.15, -0.1) is 0 Å². The van der Waals surface area contributed by atoms with Crippen LogP contribution < -0.4 is 5.32 Å². The summed E-state index contributed by atoms with van der Waals surface area (Å²) in [6.07, 6.45) is -4.62. The van der Waals surface area contributed by atoms with E-state index in [1.54, 1.807) is 0 Å². The third kappa shape index (κ3) is 2.65. The second-order valence-corrected chi connectivity index (χ2v) is 2.93. The highest BCUT2D eigenvalue weighted by molar-refractivity contribution is 5.23. The summed E-state index contributed by atoms with van der Waals surface area (Å²) in [5.74, 6) is -2.13. The summed E-state index contributed by atoms with van der Waals surface area (Å²) >= 11 is 0. The molecule has 1 N–H and O–H groups in total. The van der Waals surface area contributed by atoms with Gasteiger partial charge in [0.15, 0.2) is 0 Å². The van der Waals surface area contributed by atoms with Crippen LogP contribution in [0.3, 0.4) is 0 Å². The van der Waals surface area contributed by atoms with Crippen molar-refractivity contribution in [3.05, 3.63) is 35.4 Å². The summed E-state index contributed by atoms with van der Waals surface area (Å²) in [6.45, 7) is 0. The molecule has 0 aliphatic heterocycles. The summed E-state index contributed by atoms with van der Waals surface area (Å²) in [4.78, 5) is 0. The lowest BCUT2D eigenvalue weighted by molar-refractivity contribution is -0.157. The number of halogens is 5. The maximum atomic E-state index is 13.0. The average molecular weight is 225 g/mol. The van der Waals surface area contributed by atoms with Crippen LogP contribution in [-0.2, 0) is 0 Å². The second-order valence-electron chi connectivity index (χ2n) is 2.93. The van der Waals surface area contributed by atoms with E-state index < -0.39 is 29.4 Å². The first kappa shape index (κ1) is 11.9. The molecule has 84 valence electrons. The molecular weight excluding hydrogens is 217 g/mol. The van der Waals surface area contributed by atoms with E-state index in [1.807, 2.05) is 5.32 Å². The van der Waals surface area contributed by atoms with Gasteiger partial charge in [0.2, 0.25) is 0 Å². The van der Waals surface area contributed by atoms with Crippen LogP contribution in [0.1, 0.15) is 11.6 Å². The molecule has 0 saturated heterocycles. The monoisotopic (exact) mass is 225 g/mol. The molecule has 15 heavy (non-hydrogen) atoms. The topological polar surface area (TPSA) is 12.0 Å². The predicted octanol–water partition coefficient (Wildman–Crippen LogP) is 2.79. The highest BCUT2D eigenvalue weighted by atomic mass is 19.4. The van der Waals surface area contributed by atoms with E-state index in [2.05, 4.69) is 0 Å². The number of hydrogen-bond donors (Lipinski definition) is 1. The molecule has 1 nitrogen and oxygen atoms in total. The Hall–Kier alpha value is -1.17. The SMILES string of the molecule is CNC(c1ccc(F)cc1F)C(F)(F)F. The molecule has 0 spiro atoms. The third-order valence-corrected chi connectivity index (χ3v) is 1.89. The van der Waals surface area contributed by atoms with Crippen molar-refractivity contribution in [1.82, 2.24) is 5.32 Å². The van der Waals surface area contributed by atoms with Crippen LogP contribution in [-0.4, -0.2) is 13.2 Å². The molecule has 1 atom stereocenters. The van der Waals surface area contributed by atoms with Crippen LogP contribution >= 0.6 is 0 Å². The molecule has 6 heteroatoms. The zero-order valence-electron chi connectivity index (χ0n) is 7.70. The van der Waals surface area contributed by atoms with Gasteiger partial charge in [-0.3, -0.25) is 0 Å². The molecule has 1 unspecified atom stereocenters. The second kappa shape index (κ2) is 4.14. The lowest BCUT2D eigenvalue weighted by atomic mass is 10.1. The molecule has 0 radical (unpaired) electrons. The maximum Gasteiger partial charge on any atom is 0.408 e. The lowest BCUT2D eigenvalue weighted by Gasteiger charge is -2.20. The van der Waals surface area contributed by atoms with E-state index in [0.29, 0.717) is 6.07 Å². The molecular formula is C9H8F5N. The Balaban J connectivity index is 3.13. The first-order valence-corrected chi connectivity index (χ1v) is 4.05. The molecule has 0 aliphatic rings. The smallest absolute Gasteiger partial charge is 0.305 e. The van der Waals surface area contributed by atoms with Crippen molar-refractivity contribution in [2.24, 2.45) is 0 Å². The fourth-order valence-corrected chi connectivity index (χ4v) is 1.23. The molecule has 0 bridgehead atoms. The van der Waals surface area contributed by atoms with Crippen molar-refractivity contribution in [3.8, 4) is 0 Å². The Bertz CT molecular complexity index is 347. The molecule has 0 fully saturated rings. The van der Waals surface area contributed by atoms with Crippen LogP contribution in [0.25, 0.3) is 0 Å². The highest BCUT2D eigenvalue weighted by Gasteiger charge is 2.41. The van der Waals surface area contributed by atoms with Crippen LogP contribution in [0, 0.1) is 11.6 Å².